The predicted molar refractivity (Wildman–Crippen MR) is 87.8 cm³/mol. The Morgan fingerprint density at radius 2 is 1.95 bits per heavy atom. The maximum atomic E-state index is 3.52. The largest absolute Gasteiger partial charge is 0.312 e. The first kappa shape index (κ1) is 13.8. The molecule has 1 heterocycles. The van der Waals surface area contributed by atoms with Crippen LogP contribution in [-0.2, 0) is 19.3 Å². The number of thiophene rings is 1. The summed E-state index contributed by atoms with van der Waals surface area (Å²) < 4.78 is 0. The molecule has 0 radical (unpaired) electrons. The summed E-state index contributed by atoms with van der Waals surface area (Å²) in [5, 5.41) is 3.52. The van der Waals surface area contributed by atoms with Crippen LogP contribution in [0.3, 0.4) is 0 Å². The molecule has 20 heavy (non-hydrogen) atoms. The highest BCUT2D eigenvalue weighted by Gasteiger charge is 2.20. The van der Waals surface area contributed by atoms with E-state index in [-0.39, 0.29) is 0 Å². The first-order valence-electron chi connectivity index (χ1n) is 7.53. The van der Waals surface area contributed by atoms with Gasteiger partial charge in [-0.3, -0.25) is 0 Å². The molecular formula is C18H23NS. The standard InChI is InChI=1S/C18H23NS/c1-12-6-4-7-13(2)15(12)11-16(19-3)18-10-14-8-5-9-17(14)20-18/h4,6-7,10,16,19H,5,8-9,11H2,1-3H3. The number of rotatable bonds is 4. The van der Waals surface area contributed by atoms with Gasteiger partial charge in [0.1, 0.15) is 0 Å². The fraction of sp³-hybridized carbons (Fsp3) is 0.444. The van der Waals surface area contributed by atoms with Gasteiger partial charge in [0.2, 0.25) is 0 Å². The molecule has 1 aliphatic carbocycles. The molecule has 1 atom stereocenters. The number of aryl methyl sites for hydroxylation is 4. The van der Waals surface area contributed by atoms with Crippen molar-refractivity contribution in [2.75, 3.05) is 7.05 Å². The molecule has 0 amide bonds. The van der Waals surface area contributed by atoms with Crippen LogP contribution in [0.5, 0.6) is 0 Å². The van der Waals surface area contributed by atoms with Crippen molar-refractivity contribution in [3.63, 3.8) is 0 Å². The zero-order valence-electron chi connectivity index (χ0n) is 12.6. The van der Waals surface area contributed by atoms with Crippen LogP contribution in [0.1, 0.15) is 44.5 Å². The molecule has 2 aromatic rings. The van der Waals surface area contributed by atoms with Crippen LogP contribution in [0.2, 0.25) is 0 Å². The lowest BCUT2D eigenvalue weighted by Crippen LogP contribution is -2.18. The highest BCUT2D eigenvalue weighted by atomic mass is 32.1. The van der Waals surface area contributed by atoms with Crippen LogP contribution in [0, 0.1) is 13.8 Å². The van der Waals surface area contributed by atoms with E-state index in [2.05, 4.69) is 50.5 Å². The summed E-state index contributed by atoms with van der Waals surface area (Å²) in [4.78, 5) is 3.14. The Balaban J connectivity index is 1.86. The number of benzene rings is 1. The average molecular weight is 285 g/mol. The van der Waals surface area contributed by atoms with E-state index in [1.807, 2.05) is 11.3 Å². The van der Waals surface area contributed by atoms with E-state index in [0.29, 0.717) is 6.04 Å². The Kier molecular flexibility index (Phi) is 3.95. The highest BCUT2D eigenvalue weighted by molar-refractivity contribution is 7.12. The third-order valence-corrected chi connectivity index (χ3v) is 5.86. The lowest BCUT2D eigenvalue weighted by Gasteiger charge is -2.18. The number of hydrogen-bond donors (Lipinski definition) is 1. The number of hydrogen-bond acceptors (Lipinski definition) is 2. The fourth-order valence-electron chi connectivity index (χ4n) is 3.24. The molecule has 1 aromatic heterocycles. The molecule has 1 N–H and O–H groups in total. The molecule has 106 valence electrons. The summed E-state index contributed by atoms with van der Waals surface area (Å²) in [6.45, 7) is 4.45. The fourth-order valence-corrected chi connectivity index (χ4v) is 4.61. The molecule has 0 spiro atoms. The molecule has 0 bridgehead atoms. The van der Waals surface area contributed by atoms with E-state index < -0.39 is 0 Å². The Morgan fingerprint density at radius 3 is 2.60 bits per heavy atom. The van der Waals surface area contributed by atoms with Crippen molar-refractivity contribution in [3.8, 4) is 0 Å². The van der Waals surface area contributed by atoms with E-state index in [4.69, 9.17) is 0 Å². The van der Waals surface area contributed by atoms with E-state index >= 15 is 0 Å². The molecule has 0 aliphatic heterocycles. The van der Waals surface area contributed by atoms with Crippen molar-refractivity contribution >= 4 is 11.3 Å². The summed E-state index contributed by atoms with van der Waals surface area (Å²) in [5.41, 5.74) is 5.93. The second kappa shape index (κ2) is 5.71. The van der Waals surface area contributed by atoms with Crippen LogP contribution < -0.4 is 5.32 Å². The third-order valence-electron chi connectivity index (χ3n) is 4.51. The molecule has 3 rings (SSSR count). The van der Waals surface area contributed by atoms with Crippen LogP contribution >= 0.6 is 11.3 Å². The summed E-state index contributed by atoms with van der Waals surface area (Å²) in [7, 11) is 2.09. The van der Waals surface area contributed by atoms with Gasteiger partial charge in [-0.2, -0.15) is 0 Å². The molecule has 1 unspecified atom stereocenters. The lowest BCUT2D eigenvalue weighted by atomic mass is 9.95. The summed E-state index contributed by atoms with van der Waals surface area (Å²) >= 11 is 2.02. The molecule has 1 aliphatic rings. The van der Waals surface area contributed by atoms with Crippen LogP contribution in [0.25, 0.3) is 0 Å². The van der Waals surface area contributed by atoms with Gasteiger partial charge in [-0.15, -0.1) is 11.3 Å². The molecule has 1 nitrogen and oxygen atoms in total. The Hall–Kier alpha value is -1.12. The Bertz CT molecular complexity index is 570. The minimum absolute atomic E-state index is 0.449. The van der Waals surface area contributed by atoms with E-state index in [1.54, 1.807) is 10.4 Å². The van der Waals surface area contributed by atoms with Gasteiger partial charge in [0.15, 0.2) is 0 Å². The normalized spacial score (nSPS) is 15.3. The number of nitrogens with one attached hydrogen (secondary N) is 1. The second-order valence-electron chi connectivity index (χ2n) is 5.87. The van der Waals surface area contributed by atoms with Crippen molar-refractivity contribution in [1.82, 2.24) is 5.32 Å². The Morgan fingerprint density at radius 1 is 1.20 bits per heavy atom. The Labute approximate surface area is 126 Å². The quantitative estimate of drug-likeness (QED) is 0.880. The minimum atomic E-state index is 0.449. The van der Waals surface area contributed by atoms with Crippen LogP contribution in [-0.4, -0.2) is 7.05 Å². The van der Waals surface area contributed by atoms with Gasteiger partial charge in [0, 0.05) is 15.8 Å². The minimum Gasteiger partial charge on any atom is -0.312 e. The van der Waals surface area contributed by atoms with Gasteiger partial charge in [0.05, 0.1) is 0 Å². The average Bonchev–Trinajstić information content (AvgIpc) is 2.99. The third kappa shape index (κ3) is 2.55. The van der Waals surface area contributed by atoms with Crippen molar-refractivity contribution in [1.29, 1.82) is 0 Å². The van der Waals surface area contributed by atoms with Crippen molar-refractivity contribution in [2.24, 2.45) is 0 Å². The molecule has 1 aromatic carbocycles. The second-order valence-corrected chi connectivity index (χ2v) is 7.03. The topological polar surface area (TPSA) is 12.0 Å². The number of likely N-dealkylation sites (N-methyl/N-ethyl adjacent to an activating group) is 1. The van der Waals surface area contributed by atoms with Gasteiger partial charge in [-0.1, -0.05) is 18.2 Å². The van der Waals surface area contributed by atoms with Gasteiger partial charge in [-0.05, 0) is 74.9 Å². The van der Waals surface area contributed by atoms with Gasteiger partial charge in [-0.25, -0.2) is 0 Å². The highest BCUT2D eigenvalue weighted by Crippen LogP contribution is 2.35. The first-order valence-corrected chi connectivity index (χ1v) is 8.34. The zero-order chi connectivity index (χ0) is 14.1. The van der Waals surface area contributed by atoms with Gasteiger partial charge in [0.25, 0.3) is 0 Å². The first-order chi connectivity index (χ1) is 9.69. The molecule has 0 saturated heterocycles. The molecular weight excluding hydrogens is 262 g/mol. The van der Waals surface area contributed by atoms with Gasteiger partial charge < -0.3 is 5.32 Å². The predicted octanol–water partition coefficient (Wildman–Crippen LogP) is 4.36. The summed E-state index contributed by atoms with van der Waals surface area (Å²) in [6, 6.07) is 9.50. The summed E-state index contributed by atoms with van der Waals surface area (Å²) in [6.07, 6.45) is 5.02. The van der Waals surface area contributed by atoms with Gasteiger partial charge >= 0.3 is 0 Å². The van der Waals surface area contributed by atoms with Crippen molar-refractivity contribution in [2.45, 2.75) is 45.6 Å². The molecule has 0 fully saturated rings. The van der Waals surface area contributed by atoms with Crippen LogP contribution in [0.4, 0.5) is 0 Å². The SMILES string of the molecule is CNC(Cc1c(C)cccc1C)c1cc2c(s1)CCC2. The van der Waals surface area contributed by atoms with E-state index in [9.17, 15) is 0 Å². The maximum Gasteiger partial charge on any atom is 0.0453 e. The molecule has 0 saturated carbocycles. The van der Waals surface area contributed by atoms with Crippen LogP contribution in [0.15, 0.2) is 24.3 Å². The lowest BCUT2D eigenvalue weighted by molar-refractivity contribution is 0.598. The molecule has 2 heteroatoms. The van der Waals surface area contributed by atoms with E-state index in [0.717, 1.165) is 6.42 Å². The van der Waals surface area contributed by atoms with Crippen molar-refractivity contribution < 1.29 is 0 Å². The summed E-state index contributed by atoms with van der Waals surface area (Å²) in [5.74, 6) is 0. The zero-order valence-corrected chi connectivity index (χ0v) is 13.4. The number of fused-ring (bicyclic) bond motifs is 1. The van der Waals surface area contributed by atoms with E-state index in [1.165, 1.54) is 40.8 Å². The maximum absolute atomic E-state index is 3.52. The monoisotopic (exact) mass is 285 g/mol. The van der Waals surface area contributed by atoms with Crippen molar-refractivity contribution in [3.05, 3.63) is 56.3 Å². The smallest absolute Gasteiger partial charge is 0.0453 e.